The van der Waals surface area contributed by atoms with Crippen LogP contribution in [0.1, 0.15) is 5.56 Å². The van der Waals surface area contributed by atoms with Crippen LogP contribution < -0.4 is 10.6 Å². The third-order valence-corrected chi connectivity index (χ3v) is 4.28. The quantitative estimate of drug-likeness (QED) is 0.615. The number of carbonyl (C=O) groups excluding carboxylic acids is 1. The van der Waals surface area contributed by atoms with Gasteiger partial charge in [-0.2, -0.15) is 13.2 Å². The maximum atomic E-state index is 12.7. The van der Waals surface area contributed by atoms with Crippen molar-refractivity contribution in [2.24, 2.45) is 0 Å². The molecule has 24 heavy (non-hydrogen) atoms. The molecule has 9 heteroatoms. The van der Waals surface area contributed by atoms with Crippen molar-refractivity contribution in [3.8, 4) is 0 Å². The molecule has 0 radical (unpaired) electrons. The number of benzene rings is 2. The maximum absolute atomic E-state index is 12.7. The van der Waals surface area contributed by atoms with Gasteiger partial charge in [-0.05, 0) is 30.3 Å². The zero-order valence-electron chi connectivity index (χ0n) is 11.8. The maximum Gasteiger partial charge on any atom is 0.416 e. The number of anilines is 2. The third kappa shape index (κ3) is 3.60. The van der Waals surface area contributed by atoms with Crippen molar-refractivity contribution in [1.82, 2.24) is 4.98 Å². The van der Waals surface area contributed by atoms with Gasteiger partial charge in [-0.3, -0.25) is 5.32 Å². The van der Waals surface area contributed by atoms with Gasteiger partial charge in [-0.25, -0.2) is 9.78 Å². The highest BCUT2D eigenvalue weighted by molar-refractivity contribution is 7.22. The number of alkyl halides is 3. The van der Waals surface area contributed by atoms with Gasteiger partial charge in [-0.1, -0.05) is 35.1 Å². The van der Waals surface area contributed by atoms with E-state index in [-0.39, 0.29) is 5.69 Å². The van der Waals surface area contributed by atoms with Crippen molar-refractivity contribution >= 4 is 50.0 Å². The molecule has 1 heterocycles. The van der Waals surface area contributed by atoms with Gasteiger partial charge in [0, 0.05) is 5.69 Å². The largest absolute Gasteiger partial charge is 0.416 e. The zero-order valence-corrected chi connectivity index (χ0v) is 13.4. The summed E-state index contributed by atoms with van der Waals surface area (Å²) in [5.41, 5.74) is -0.257. The van der Waals surface area contributed by atoms with Crippen molar-refractivity contribution in [3.05, 3.63) is 53.1 Å². The molecule has 1 aromatic heterocycles. The number of rotatable bonds is 2. The van der Waals surface area contributed by atoms with Crippen LogP contribution in [0.2, 0.25) is 5.02 Å². The summed E-state index contributed by atoms with van der Waals surface area (Å²) in [6.07, 6.45) is -4.47. The Morgan fingerprint density at radius 2 is 1.88 bits per heavy atom. The molecule has 2 amide bonds. The van der Waals surface area contributed by atoms with Gasteiger partial charge in [-0.15, -0.1) is 0 Å². The van der Waals surface area contributed by atoms with Gasteiger partial charge in [0.2, 0.25) is 0 Å². The average Bonchev–Trinajstić information content (AvgIpc) is 2.90. The lowest BCUT2D eigenvalue weighted by atomic mass is 10.2. The van der Waals surface area contributed by atoms with Gasteiger partial charge in [0.05, 0.1) is 15.3 Å². The van der Waals surface area contributed by atoms with E-state index in [4.69, 9.17) is 11.6 Å². The number of aromatic nitrogens is 1. The standard InChI is InChI=1S/C15H9ClF3N3OS/c16-10-5-2-6-11-12(10)21-14(24-11)22-13(23)20-9-4-1-3-8(7-9)15(17,18)19/h1-7H,(H2,20,21,22,23). The fourth-order valence-electron chi connectivity index (χ4n) is 2.00. The SMILES string of the molecule is O=C(Nc1cccc(C(F)(F)F)c1)Nc1nc2c(Cl)cccc2s1. The van der Waals surface area contributed by atoms with Crippen LogP contribution in [0.5, 0.6) is 0 Å². The molecule has 0 saturated heterocycles. The van der Waals surface area contributed by atoms with Crippen LogP contribution >= 0.6 is 22.9 Å². The zero-order chi connectivity index (χ0) is 17.3. The minimum Gasteiger partial charge on any atom is -0.308 e. The Morgan fingerprint density at radius 1 is 1.12 bits per heavy atom. The summed E-state index contributed by atoms with van der Waals surface area (Å²) in [5.74, 6) is 0. The van der Waals surface area contributed by atoms with Gasteiger partial charge in [0.1, 0.15) is 5.52 Å². The molecule has 0 fully saturated rings. The molecule has 3 rings (SSSR count). The number of nitrogens with one attached hydrogen (secondary N) is 2. The molecule has 0 aliphatic rings. The number of nitrogens with zero attached hydrogens (tertiary/aromatic N) is 1. The lowest BCUT2D eigenvalue weighted by Gasteiger charge is -2.09. The predicted molar refractivity (Wildman–Crippen MR) is 88.7 cm³/mol. The highest BCUT2D eigenvalue weighted by atomic mass is 35.5. The molecule has 2 aromatic carbocycles. The molecule has 124 valence electrons. The number of fused-ring (bicyclic) bond motifs is 1. The number of hydrogen-bond donors (Lipinski definition) is 2. The third-order valence-electron chi connectivity index (χ3n) is 3.04. The van der Waals surface area contributed by atoms with Crippen LogP contribution in [0.4, 0.5) is 28.8 Å². The number of urea groups is 1. The van der Waals surface area contributed by atoms with E-state index in [1.165, 1.54) is 23.5 Å². The first-order chi connectivity index (χ1) is 11.3. The Kier molecular flexibility index (Phi) is 4.33. The number of para-hydroxylation sites is 1. The Labute approximate surface area is 143 Å². The first-order valence-electron chi connectivity index (χ1n) is 6.63. The summed E-state index contributed by atoms with van der Waals surface area (Å²) >= 11 is 7.22. The van der Waals surface area contributed by atoms with Crippen LogP contribution in [0, 0.1) is 0 Å². The number of thiazole rings is 1. The van der Waals surface area contributed by atoms with Crippen molar-refractivity contribution in [2.45, 2.75) is 6.18 Å². The molecule has 0 aliphatic heterocycles. The molecule has 0 saturated carbocycles. The van der Waals surface area contributed by atoms with Crippen molar-refractivity contribution < 1.29 is 18.0 Å². The molecule has 0 unspecified atom stereocenters. The molecule has 0 atom stereocenters. The number of hydrogen-bond acceptors (Lipinski definition) is 3. The summed E-state index contributed by atoms with van der Waals surface area (Å²) in [6, 6.07) is 8.91. The van der Waals surface area contributed by atoms with Crippen molar-refractivity contribution in [2.75, 3.05) is 10.6 Å². The second kappa shape index (κ2) is 6.29. The average molecular weight is 372 g/mol. The Bertz CT molecular complexity index is 910. The fourth-order valence-corrected chi connectivity index (χ4v) is 3.16. The van der Waals surface area contributed by atoms with Crippen LogP contribution in [0.25, 0.3) is 10.2 Å². The van der Waals surface area contributed by atoms with Crippen molar-refractivity contribution in [1.29, 1.82) is 0 Å². The first-order valence-corrected chi connectivity index (χ1v) is 7.83. The Balaban J connectivity index is 1.74. The van der Waals surface area contributed by atoms with Gasteiger partial charge in [0.25, 0.3) is 0 Å². The summed E-state index contributed by atoms with van der Waals surface area (Å²) < 4.78 is 38.8. The van der Waals surface area contributed by atoms with E-state index in [0.717, 1.165) is 16.8 Å². The summed E-state index contributed by atoms with van der Waals surface area (Å²) in [7, 11) is 0. The fraction of sp³-hybridized carbons (Fsp3) is 0.0667. The Morgan fingerprint density at radius 3 is 2.58 bits per heavy atom. The van der Waals surface area contributed by atoms with E-state index in [0.29, 0.717) is 15.7 Å². The number of carbonyl (C=O) groups is 1. The minimum atomic E-state index is -4.47. The summed E-state index contributed by atoms with van der Waals surface area (Å²) in [6.45, 7) is 0. The molecule has 0 aliphatic carbocycles. The summed E-state index contributed by atoms with van der Waals surface area (Å²) in [4.78, 5) is 16.1. The lowest BCUT2D eigenvalue weighted by Crippen LogP contribution is -2.19. The van der Waals surface area contributed by atoms with Gasteiger partial charge in [0.15, 0.2) is 5.13 Å². The smallest absolute Gasteiger partial charge is 0.308 e. The van der Waals surface area contributed by atoms with Crippen LogP contribution in [0.3, 0.4) is 0 Å². The van der Waals surface area contributed by atoms with E-state index < -0.39 is 17.8 Å². The van der Waals surface area contributed by atoms with E-state index >= 15 is 0 Å². The molecule has 0 spiro atoms. The molecular formula is C15H9ClF3N3OS. The molecule has 0 bridgehead atoms. The molecule has 3 aromatic rings. The van der Waals surface area contributed by atoms with Crippen LogP contribution in [-0.4, -0.2) is 11.0 Å². The highest BCUT2D eigenvalue weighted by Crippen LogP contribution is 2.32. The van der Waals surface area contributed by atoms with Crippen LogP contribution in [0.15, 0.2) is 42.5 Å². The van der Waals surface area contributed by atoms with Gasteiger partial charge >= 0.3 is 12.2 Å². The monoisotopic (exact) mass is 371 g/mol. The second-order valence-corrected chi connectivity index (χ2v) is 6.20. The molecular weight excluding hydrogens is 363 g/mol. The topological polar surface area (TPSA) is 54.0 Å². The van der Waals surface area contributed by atoms with Crippen LogP contribution in [-0.2, 0) is 6.18 Å². The summed E-state index contributed by atoms with van der Waals surface area (Å²) in [5, 5.41) is 5.58. The predicted octanol–water partition coefficient (Wildman–Crippen LogP) is 5.61. The normalized spacial score (nSPS) is 11.5. The van der Waals surface area contributed by atoms with Gasteiger partial charge < -0.3 is 5.32 Å². The lowest BCUT2D eigenvalue weighted by molar-refractivity contribution is -0.137. The molecule has 2 N–H and O–H groups in total. The van der Waals surface area contributed by atoms with E-state index in [9.17, 15) is 18.0 Å². The number of amides is 2. The minimum absolute atomic E-state index is 0.0291. The molecule has 4 nitrogen and oxygen atoms in total. The Hall–Kier alpha value is -2.32. The van der Waals surface area contributed by atoms with E-state index in [2.05, 4.69) is 15.6 Å². The number of halogens is 4. The second-order valence-electron chi connectivity index (χ2n) is 4.76. The van der Waals surface area contributed by atoms with E-state index in [1.54, 1.807) is 18.2 Å². The van der Waals surface area contributed by atoms with Crippen molar-refractivity contribution in [3.63, 3.8) is 0 Å². The van der Waals surface area contributed by atoms with E-state index in [1.807, 2.05) is 0 Å². The first kappa shape index (κ1) is 16.5. The highest BCUT2D eigenvalue weighted by Gasteiger charge is 2.30.